The van der Waals surface area contributed by atoms with E-state index < -0.39 is 6.04 Å². The number of nitrogens with one attached hydrogen (secondary N) is 1. The van der Waals surface area contributed by atoms with E-state index in [2.05, 4.69) is 12.2 Å². The van der Waals surface area contributed by atoms with Crippen LogP contribution in [0.25, 0.3) is 0 Å². The van der Waals surface area contributed by atoms with E-state index >= 15 is 0 Å². The molecular formula is C24H28Cl2N2O2. The van der Waals surface area contributed by atoms with Crippen LogP contribution in [0, 0.1) is 5.92 Å². The highest BCUT2D eigenvalue weighted by Crippen LogP contribution is 2.31. The van der Waals surface area contributed by atoms with E-state index in [1.165, 1.54) is 11.3 Å². The number of carbonyl (C=O) groups excluding carboxylic acids is 2. The summed E-state index contributed by atoms with van der Waals surface area (Å²) in [6.45, 7) is 2.44. The topological polar surface area (TPSA) is 49.4 Å². The van der Waals surface area contributed by atoms with Crippen molar-refractivity contribution in [1.82, 2.24) is 10.2 Å². The fourth-order valence-electron chi connectivity index (χ4n) is 4.12. The first-order valence-corrected chi connectivity index (χ1v) is 11.4. The molecule has 0 spiro atoms. The number of hydrogen-bond acceptors (Lipinski definition) is 2. The predicted octanol–water partition coefficient (Wildman–Crippen LogP) is 5.34. The number of hydrogen-bond donors (Lipinski definition) is 1. The Morgan fingerprint density at radius 1 is 1.07 bits per heavy atom. The maximum Gasteiger partial charge on any atom is 0.247 e. The Labute approximate surface area is 188 Å². The van der Waals surface area contributed by atoms with Gasteiger partial charge in [-0.1, -0.05) is 79.9 Å². The first-order chi connectivity index (χ1) is 14.5. The van der Waals surface area contributed by atoms with Gasteiger partial charge in [0.25, 0.3) is 0 Å². The molecule has 0 radical (unpaired) electrons. The summed E-state index contributed by atoms with van der Waals surface area (Å²) in [6.07, 6.45) is 4.33. The van der Waals surface area contributed by atoms with Gasteiger partial charge in [-0.3, -0.25) is 9.59 Å². The van der Waals surface area contributed by atoms with Gasteiger partial charge in [-0.25, -0.2) is 0 Å². The average Bonchev–Trinajstić information content (AvgIpc) is 2.76. The van der Waals surface area contributed by atoms with Crippen molar-refractivity contribution in [3.05, 3.63) is 70.7 Å². The van der Waals surface area contributed by atoms with Crippen molar-refractivity contribution in [2.45, 2.75) is 51.2 Å². The number of carbonyl (C=O) groups is 2. The van der Waals surface area contributed by atoms with E-state index in [9.17, 15) is 9.59 Å². The number of amides is 2. The maximum atomic E-state index is 13.6. The third kappa shape index (κ3) is 5.55. The minimum Gasteiger partial charge on any atom is -0.351 e. The molecule has 6 heteroatoms. The van der Waals surface area contributed by atoms with Crippen molar-refractivity contribution in [3.63, 3.8) is 0 Å². The number of alkyl halides is 1. The zero-order valence-corrected chi connectivity index (χ0v) is 18.7. The monoisotopic (exact) mass is 446 g/mol. The summed E-state index contributed by atoms with van der Waals surface area (Å²) in [6, 6.07) is 16.0. The van der Waals surface area contributed by atoms with Crippen LogP contribution in [0.5, 0.6) is 0 Å². The lowest BCUT2D eigenvalue weighted by Gasteiger charge is -2.35. The van der Waals surface area contributed by atoms with Gasteiger partial charge in [-0.05, 0) is 30.4 Å². The van der Waals surface area contributed by atoms with Gasteiger partial charge in [0.2, 0.25) is 11.8 Å². The highest BCUT2D eigenvalue weighted by molar-refractivity contribution is 6.31. The quantitative estimate of drug-likeness (QED) is 0.583. The summed E-state index contributed by atoms with van der Waals surface area (Å²) in [5.74, 6) is -0.324. The first kappa shape index (κ1) is 22.6. The van der Waals surface area contributed by atoms with E-state index in [0.717, 1.165) is 24.8 Å². The molecule has 2 aromatic carbocycles. The van der Waals surface area contributed by atoms with Gasteiger partial charge in [0.05, 0.1) is 0 Å². The summed E-state index contributed by atoms with van der Waals surface area (Å²) in [5, 5.41) is 3.66. The molecule has 1 N–H and O–H groups in total. The Morgan fingerprint density at radius 2 is 1.73 bits per heavy atom. The van der Waals surface area contributed by atoms with Crippen molar-refractivity contribution in [2.24, 2.45) is 5.92 Å². The van der Waals surface area contributed by atoms with Crippen molar-refractivity contribution in [3.8, 4) is 0 Å². The molecule has 2 amide bonds. The molecule has 1 saturated carbocycles. The second-order valence-electron chi connectivity index (χ2n) is 7.94. The van der Waals surface area contributed by atoms with Crippen molar-refractivity contribution < 1.29 is 9.59 Å². The molecule has 160 valence electrons. The second kappa shape index (κ2) is 10.8. The summed E-state index contributed by atoms with van der Waals surface area (Å²) in [4.78, 5) is 28.0. The molecule has 3 rings (SSSR count). The van der Waals surface area contributed by atoms with Crippen LogP contribution in [-0.4, -0.2) is 28.6 Å². The molecule has 0 heterocycles. The molecule has 1 aliphatic rings. The highest BCUT2D eigenvalue weighted by Gasteiger charge is 2.34. The van der Waals surface area contributed by atoms with Gasteiger partial charge in [0.15, 0.2) is 0 Å². The molecule has 0 saturated heterocycles. The van der Waals surface area contributed by atoms with Gasteiger partial charge in [0, 0.05) is 23.2 Å². The van der Waals surface area contributed by atoms with Crippen LogP contribution < -0.4 is 5.32 Å². The SMILES string of the molecule is C[C@@H]1CCCC[C@H]1NC(=O)[C@@H](c1ccccc1Cl)N(Cc1ccccc1)C(=O)CCl. The van der Waals surface area contributed by atoms with Gasteiger partial charge in [0.1, 0.15) is 11.9 Å². The van der Waals surface area contributed by atoms with Crippen LogP contribution in [0.4, 0.5) is 0 Å². The van der Waals surface area contributed by atoms with Gasteiger partial charge in [-0.2, -0.15) is 0 Å². The molecule has 4 nitrogen and oxygen atoms in total. The van der Waals surface area contributed by atoms with Gasteiger partial charge >= 0.3 is 0 Å². The number of halogens is 2. The molecule has 1 fully saturated rings. The zero-order chi connectivity index (χ0) is 21.5. The lowest BCUT2D eigenvalue weighted by molar-refractivity contribution is -0.140. The van der Waals surface area contributed by atoms with Crippen LogP contribution in [-0.2, 0) is 16.1 Å². The maximum absolute atomic E-state index is 13.6. The fourth-order valence-corrected chi connectivity index (χ4v) is 4.51. The van der Waals surface area contributed by atoms with Gasteiger partial charge in [-0.15, -0.1) is 11.6 Å². The Morgan fingerprint density at radius 3 is 2.40 bits per heavy atom. The van der Waals surface area contributed by atoms with Crippen molar-refractivity contribution >= 4 is 35.0 Å². The molecule has 2 aromatic rings. The van der Waals surface area contributed by atoms with Gasteiger partial charge < -0.3 is 10.2 Å². The summed E-state index contributed by atoms with van der Waals surface area (Å²) in [5.41, 5.74) is 1.53. The Balaban J connectivity index is 1.96. The average molecular weight is 447 g/mol. The summed E-state index contributed by atoms with van der Waals surface area (Å²) < 4.78 is 0. The minimum atomic E-state index is -0.848. The van der Waals surface area contributed by atoms with Crippen LogP contribution in [0.15, 0.2) is 54.6 Å². The molecule has 0 unspecified atom stereocenters. The Kier molecular flexibility index (Phi) is 8.17. The van der Waals surface area contributed by atoms with Crippen molar-refractivity contribution in [2.75, 3.05) is 5.88 Å². The Bertz CT molecular complexity index is 859. The first-order valence-electron chi connectivity index (χ1n) is 10.5. The van der Waals surface area contributed by atoms with E-state index in [4.69, 9.17) is 23.2 Å². The molecular weight excluding hydrogens is 419 g/mol. The van der Waals surface area contributed by atoms with Crippen LogP contribution in [0.1, 0.15) is 49.8 Å². The smallest absolute Gasteiger partial charge is 0.247 e. The molecule has 1 aliphatic carbocycles. The molecule has 0 aromatic heterocycles. The van der Waals surface area contributed by atoms with Crippen LogP contribution >= 0.6 is 23.2 Å². The van der Waals surface area contributed by atoms with Crippen LogP contribution in [0.2, 0.25) is 5.02 Å². The van der Waals surface area contributed by atoms with E-state index in [-0.39, 0.29) is 30.3 Å². The Hall–Kier alpha value is -2.04. The fraction of sp³-hybridized carbons (Fsp3) is 0.417. The minimum absolute atomic E-state index is 0.0981. The summed E-state index contributed by atoms with van der Waals surface area (Å²) >= 11 is 12.4. The molecule has 3 atom stereocenters. The third-order valence-electron chi connectivity index (χ3n) is 5.83. The van der Waals surface area contributed by atoms with Crippen molar-refractivity contribution in [1.29, 1.82) is 0 Å². The number of benzene rings is 2. The molecule has 0 aliphatic heterocycles. The standard InChI is InChI=1S/C24H28Cl2N2O2/c1-17-9-5-8-14-21(17)27-24(30)23(19-12-6-7-13-20(19)26)28(22(29)15-25)16-18-10-3-2-4-11-18/h2-4,6-7,10-13,17,21,23H,5,8-9,14-16H2,1H3,(H,27,30)/t17-,21-,23-/m1/s1. The number of nitrogens with zero attached hydrogens (tertiary/aromatic N) is 1. The number of rotatable bonds is 7. The predicted molar refractivity (Wildman–Crippen MR) is 121 cm³/mol. The lowest BCUT2D eigenvalue weighted by Crippen LogP contribution is -2.49. The highest BCUT2D eigenvalue weighted by atomic mass is 35.5. The molecule has 0 bridgehead atoms. The summed E-state index contributed by atoms with van der Waals surface area (Å²) in [7, 11) is 0. The normalized spacial score (nSPS) is 19.7. The van der Waals surface area contributed by atoms with E-state index in [0.29, 0.717) is 16.5 Å². The zero-order valence-electron chi connectivity index (χ0n) is 17.2. The van der Waals surface area contributed by atoms with E-state index in [1.807, 2.05) is 42.5 Å². The molecule has 30 heavy (non-hydrogen) atoms. The van der Waals surface area contributed by atoms with E-state index in [1.54, 1.807) is 12.1 Å². The third-order valence-corrected chi connectivity index (χ3v) is 6.40. The lowest BCUT2D eigenvalue weighted by atomic mass is 9.85. The van der Waals surface area contributed by atoms with Crippen LogP contribution in [0.3, 0.4) is 0 Å². The second-order valence-corrected chi connectivity index (χ2v) is 8.62. The largest absolute Gasteiger partial charge is 0.351 e.